The summed E-state index contributed by atoms with van der Waals surface area (Å²) in [6.45, 7) is 4.24. The number of rotatable bonds is 8. The second-order valence-corrected chi connectivity index (χ2v) is 6.25. The standard InChI is InChI=1S/C19H25N3O5/c1-24-15-4-3-14(18(12-15)25-2)5-6-20-19(23)17-11-16(27-21-17)13-22-7-9-26-10-8-22/h3-4,11-12H,5-10,13H2,1-2H3,(H,20,23). The molecule has 0 aliphatic carbocycles. The topological polar surface area (TPSA) is 86.1 Å². The van der Waals surface area contributed by atoms with Crippen LogP contribution >= 0.6 is 0 Å². The SMILES string of the molecule is COc1ccc(CCNC(=O)c2cc(CN3CCOCC3)on2)c(OC)c1. The van der Waals surface area contributed by atoms with Crippen molar-refractivity contribution in [2.45, 2.75) is 13.0 Å². The average molecular weight is 375 g/mol. The Hall–Kier alpha value is -2.58. The summed E-state index contributed by atoms with van der Waals surface area (Å²) in [5.74, 6) is 1.89. The molecule has 1 saturated heterocycles. The Bertz CT molecular complexity index is 756. The molecule has 2 aromatic rings. The summed E-state index contributed by atoms with van der Waals surface area (Å²) in [5, 5.41) is 6.74. The molecule has 0 unspecified atom stereocenters. The minimum absolute atomic E-state index is 0.251. The van der Waals surface area contributed by atoms with E-state index in [0.717, 1.165) is 43.4 Å². The van der Waals surface area contributed by atoms with E-state index in [0.29, 0.717) is 31.0 Å². The highest BCUT2D eigenvalue weighted by molar-refractivity contribution is 5.92. The molecule has 1 aromatic heterocycles. The molecule has 1 aromatic carbocycles. The minimum atomic E-state index is -0.251. The molecule has 0 spiro atoms. The number of morpholine rings is 1. The van der Waals surface area contributed by atoms with Crippen LogP contribution in [0.5, 0.6) is 11.5 Å². The van der Waals surface area contributed by atoms with Crippen LogP contribution in [0.3, 0.4) is 0 Å². The summed E-state index contributed by atoms with van der Waals surface area (Å²) < 4.78 is 21.2. The van der Waals surface area contributed by atoms with Crippen LogP contribution in [-0.4, -0.2) is 63.0 Å². The van der Waals surface area contributed by atoms with Crippen molar-refractivity contribution in [1.82, 2.24) is 15.4 Å². The summed E-state index contributed by atoms with van der Waals surface area (Å²) in [7, 11) is 3.22. The minimum Gasteiger partial charge on any atom is -0.497 e. The number of benzene rings is 1. The molecule has 0 atom stereocenters. The van der Waals surface area contributed by atoms with E-state index in [-0.39, 0.29) is 5.91 Å². The highest BCUT2D eigenvalue weighted by atomic mass is 16.5. The number of nitrogens with one attached hydrogen (secondary N) is 1. The van der Waals surface area contributed by atoms with Crippen molar-refractivity contribution in [2.75, 3.05) is 47.1 Å². The number of nitrogens with zero attached hydrogens (tertiary/aromatic N) is 2. The van der Waals surface area contributed by atoms with Gasteiger partial charge in [0.1, 0.15) is 11.5 Å². The van der Waals surface area contributed by atoms with Gasteiger partial charge >= 0.3 is 0 Å². The molecule has 0 bridgehead atoms. The van der Waals surface area contributed by atoms with Crippen molar-refractivity contribution in [3.8, 4) is 11.5 Å². The molecule has 1 aliphatic rings. The number of carbonyl (C=O) groups is 1. The molecule has 1 N–H and O–H groups in total. The molecule has 3 rings (SSSR count). The van der Waals surface area contributed by atoms with Gasteiger partial charge in [-0.2, -0.15) is 0 Å². The van der Waals surface area contributed by atoms with Crippen molar-refractivity contribution in [1.29, 1.82) is 0 Å². The Morgan fingerprint density at radius 3 is 2.78 bits per heavy atom. The fourth-order valence-corrected chi connectivity index (χ4v) is 2.93. The highest BCUT2D eigenvalue weighted by Crippen LogP contribution is 2.24. The maximum absolute atomic E-state index is 12.3. The molecule has 1 fully saturated rings. The maximum atomic E-state index is 12.3. The van der Waals surface area contributed by atoms with E-state index >= 15 is 0 Å². The van der Waals surface area contributed by atoms with Crippen molar-refractivity contribution < 1.29 is 23.5 Å². The Morgan fingerprint density at radius 2 is 2.04 bits per heavy atom. The number of methoxy groups -OCH3 is 2. The second-order valence-electron chi connectivity index (χ2n) is 6.25. The smallest absolute Gasteiger partial charge is 0.273 e. The molecule has 1 amide bonds. The Morgan fingerprint density at radius 1 is 1.22 bits per heavy atom. The van der Waals surface area contributed by atoms with Gasteiger partial charge in [-0.1, -0.05) is 11.2 Å². The average Bonchev–Trinajstić information content (AvgIpc) is 3.17. The number of aromatic nitrogens is 1. The molecule has 146 valence electrons. The van der Waals surface area contributed by atoms with Gasteiger partial charge in [-0.3, -0.25) is 9.69 Å². The van der Waals surface area contributed by atoms with Gasteiger partial charge in [0.15, 0.2) is 11.5 Å². The van der Waals surface area contributed by atoms with Crippen molar-refractivity contribution in [2.24, 2.45) is 0 Å². The summed E-state index contributed by atoms with van der Waals surface area (Å²) in [6, 6.07) is 7.32. The number of hydrogen-bond donors (Lipinski definition) is 1. The van der Waals surface area contributed by atoms with Gasteiger partial charge in [-0.05, 0) is 18.1 Å². The summed E-state index contributed by atoms with van der Waals surface area (Å²) in [6.07, 6.45) is 0.636. The monoisotopic (exact) mass is 375 g/mol. The lowest BCUT2D eigenvalue weighted by Crippen LogP contribution is -2.35. The van der Waals surface area contributed by atoms with Crippen LogP contribution in [0.4, 0.5) is 0 Å². The first kappa shape index (κ1) is 19.2. The first-order chi connectivity index (χ1) is 13.2. The fourth-order valence-electron chi connectivity index (χ4n) is 2.93. The number of amides is 1. The summed E-state index contributed by atoms with van der Waals surface area (Å²) in [5.41, 5.74) is 1.28. The molecule has 8 heteroatoms. The van der Waals surface area contributed by atoms with Gasteiger partial charge in [0.05, 0.1) is 34.0 Å². The van der Waals surface area contributed by atoms with E-state index < -0.39 is 0 Å². The van der Waals surface area contributed by atoms with Gasteiger partial charge < -0.3 is 24.1 Å². The lowest BCUT2D eigenvalue weighted by atomic mass is 10.1. The molecular weight excluding hydrogens is 350 g/mol. The lowest BCUT2D eigenvalue weighted by Gasteiger charge is -2.25. The van der Waals surface area contributed by atoms with Crippen molar-refractivity contribution >= 4 is 5.91 Å². The van der Waals surface area contributed by atoms with E-state index in [1.165, 1.54) is 0 Å². The normalized spacial score (nSPS) is 14.7. The first-order valence-corrected chi connectivity index (χ1v) is 8.94. The lowest BCUT2D eigenvalue weighted by molar-refractivity contribution is 0.0305. The predicted octanol–water partition coefficient (Wildman–Crippen LogP) is 1.50. The zero-order chi connectivity index (χ0) is 19.1. The van der Waals surface area contributed by atoms with E-state index in [2.05, 4.69) is 15.4 Å². The maximum Gasteiger partial charge on any atom is 0.273 e. The molecule has 0 radical (unpaired) electrons. The third-order valence-electron chi connectivity index (χ3n) is 4.45. The molecule has 2 heterocycles. The second kappa shape index (κ2) is 9.38. The Kier molecular flexibility index (Phi) is 6.67. The Balaban J connectivity index is 1.49. The van der Waals surface area contributed by atoms with Crippen LogP contribution in [0.1, 0.15) is 21.8 Å². The zero-order valence-corrected chi connectivity index (χ0v) is 15.7. The molecule has 8 nitrogen and oxygen atoms in total. The van der Waals surface area contributed by atoms with Gasteiger partial charge in [0, 0.05) is 31.8 Å². The van der Waals surface area contributed by atoms with E-state index in [4.69, 9.17) is 18.7 Å². The van der Waals surface area contributed by atoms with Crippen LogP contribution in [0.2, 0.25) is 0 Å². The zero-order valence-electron chi connectivity index (χ0n) is 15.7. The number of ether oxygens (including phenoxy) is 3. The first-order valence-electron chi connectivity index (χ1n) is 8.94. The van der Waals surface area contributed by atoms with E-state index in [9.17, 15) is 4.79 Å². The van der Waals surface area contributed by atoms with Crippen LogP contribution < -0.4 is 14.8 Å². The molecular formula is C19H25N3O5. The molecule has 0 saturated carbocycles. The van der Waals surface area contributed by atoms with Crippen LogP contribution in [0, 0.1) is 0 Å². The quantitative estimate of drug-likeness (QED) is 0.748. The third-order valence-corrected chi connectivity index (χ3v) is 4.45. The van der Waals surface area contributed by atoms with Crippen LogP contribution in [-0.2, 0) is 17.7 Å². The number of hydrogen-bond acceptors (Lipinski definition) is 7. The number of carbonyl (C=O) groups excluding carboxylic acids is 1. The van der Waals surface area contributed by atoms with E-state index in [1.807, 2.05) is 18.2 Å². The van der Waals surface area contributed by atoms with Gasteiger partial charge in [0.2, 0.25) is 0 Å². The van der Waals surface area contributed by atoms with Gasteiger partial charge in [0.25, 0.3) is 5.91 Å². The van der Waals surface area contributed by atoms with Gasteiger partial charge in [-0.15, -0.1) is 0 Å². The summed E-state index contributed by atoms with van der Waals surface area (Å²) in [4.78, 5) is 14.5. The predicted molar refractivity (Wildman–Crippen MR) is 98.2 cm³/mol. The molecule has 1 aliphatic heterocycles. The van der Waals surface area contributed by atoms with Crippen LogP contribution in [0.15, 0.2) is 28.8 Å². The Labute approximate surface area is 158 Å². The fraction of sp³-hybridized carbons (Fsp3) is 0.474. The van der Waals surface area contributed by atoms with Gasteiger partial charge in [-0.25, -0.2) is 0 Å². The molecule has 27 heavy (non-hydrogen) atoms. The third kappa shape index (κ3) is 5.21. The highest BCUT2D eigenvalue weighted by Gasteiger charge is 2.16. The van der Waals surface area contributed by atoms with Crippen molar-refractivity contribution in [3.63, 3.8) is 0 Å². The summed E-state index contributed by atoms with van der Waals surface area (Å²) >= 11 is 0. The van der Waals surface area contributed by atoms with Crippen LogP contribution in [0.25, 0.3) is 0 Å². The largest absolute Gasteiger partial charge is 0.497 e. The van der Waals surface area contributed by atoms with E-state index in [1.54, 1.807) is 20.3 Å². The van der Waals surface area contributed by atoms with Crippen molar-refractivity contribution in [3.05, 3.63) is 41.3 Å².